The zero-order valence-corrected chi connectivity index (χ0v) is 13.4. The van der Waals surface area contributed by atoms with E-state index in [4.69, 9.17) is 0 Å². The Kier molecular flexibility index (Phi) is 4.45. The summed E-state index contributed by atoms with van der Waals surface area (Å²) in [5, 5.41) is 4.56. The van der Waals surface area contributed by atoms with Crippen LogP contribution in [-0.2, 0) is 13.1 Å². The summed E-state index contributed by atoms with van der Waals surface area (Å²) in [4.78, 5) is 4.95. The van der Waals surface area contributed by atoms with E-state index in [9.17, 15) is 0 Å². The molecule has 0 spiro atoms. The van der Waals surface area contributed by atoms with E-state index in [0.29, 0.717) is 6.04 Å². The minimum absolute atomic E-state index is 0.636. The molecule has 0 N–H and O–H groups in total. The van der Waals surface area contributed by atoms with Crippen LogP contribution in [0, 0.1) is 6.92 Å². The quantitative estimate of drug-likeness (QED) is 0.854. The number of hydrogen-bond acceptors (Lipinski definition) is 3. The molecule has 0 saturated carbocycles. The van der Waals surface area contributed by atoms with Crippen LogP contribution >= 0.6 is 15.9 Å². The van der Waals surface area contributed by atoms with Crippen LogP contribution in [0.3, 0.4) is 0 Å². The fourth-order valence-electron chi connectivity index (χ4n) is 2.50. The van der Waals surface area contributed by atoms with E-state index in [1.165, 1.54) is 10.2 Å². The lowest BCUT2D eigenvalue weighted by atomic mass is 10.2. The number of piperazine rings is 1. The summed E-state index contributed by atoms with van der Waals surface area (Å²) in [6.07, 6.45) is 0. The van der Waals surface area contributed by atoms with E-state index in [1.54, 1.807) is 0 Å². The lowest BCUT2D eigenvalue weighted by Crippen LogP contribution is -2.49. The maximum atomic E-state index is 4.56. The Balaban J connectivity index is 2.10. The summed E-state index contributed by atoms with van der Waals surface area (Å²) < 4.78 is 3.29. The van der Waals surface area contributed by atoms with Crippen LogP contribution in [0.2, 0.25) is 0 Å². The van der Waals surface area contributed by atoms with Crippen LogP contribution in [0.5, 0.6) is 0 Å². The van der Waals surface area contributed by atoms with Gasteiger partial charge in [0.2, 0.25) is 0 Å². The Hall–Kier alpha value is -0.390. The first-order chi connectivity index (χ1) is 8.52. The van der Waals surface area contributed by atoms with E-state index in [2.05, 4.69) is 63.3 Å². The van der Waals surface area contributed by atoms with Crippen molar-refractivity contribution in [3.63, 3.8) is 0 Å². The van der Waals surface area contributed by atoms with Gasteiger partial charge in [-0.25, -0.2) is 0 Å². The number of hydrogen-bond donors (Lipinski definition) is 0. The minimum atomic E-state index is 0.636. The Bertz CT molecular complexity index is 415. The molecule has 0 radical (unpaired) electrons. The first-order valence-corrected chi connectivity index (χ1v) is 7.46. The molecule has 1 unspecified atom stereocenters. The van der Waals surface area contributed by atoms with E-state index in [1.807, 2.05) is 0 Å². The minimum Gasteiger partial charge on any atom is -0.301 e. The lowest BCUT2D eigenvalue weighted by Gasteiger charge is -2.37. The lowest BCUT2D eigenvalue weighted by molar-refractivity contribution is 0.0977. The summed E-state index contributed by atoms with van der Waals surface area (Å²) in [6, 6.07) is 0.636. The molecular weight excluding hydrogens is 292 g/mol. The van der Waals surface area contributed by atoms with Gasteiger partial charge in [0.25, 0.3) is 0 Å². The summed E-state index contributed by atoms with van der Waals surface area (Å²) in [6.45, 7) is 11.9. The second-order valence-electron chi connectivity index (χ2n) is 5.23. The van der Waals surface area contributed by atoms with Gasteiger partial charge < -0.3 is 4.90 Å². The standard InChI is InChI=1S/C13H23BrN4/c1-5-18-12(13(14)11(3)15-18)9-17-7-6-16(4)10(2)8-17/h10H,5-9H2,1-4H3. The smallest absolute Gasteiger partial charge is 0.0739 e. The molecule has 5 heteroatoms. The van der Waals surface area contributed by atoms with Crippen molar-refractivity contribution in [3.8, 4) is 0 Å². The zero-order chi connectivity index (χ0) is 13.3. The van der Waals surface area contributed by atoms with Crippen molar-refractivity contribution in [1.82, 2.24) is 19.6 Å². The van der Waals surface area contributed by atoms with Gasteiger partial charge in [0.15, 0.2) is 0 Å². The molecular formula is C13H23BrN4. The van der Waals surface area contributed by atoms with Crippen LogP contribution in [0.15, 0.2) is 4.47 Å². The number of rotatable bonds is 3. The second kappa shape index (κ2) is 5.72. The summed E-state index contributed by atoms with van der Waals surface area (Å²) >= 11 is 3.68. The third-order valence-corrected chi connectivity index (χ3v) is 4.90. The average molecular weight is 315 g/mol. The van der Waals surface area contributed by atoms with Crippen LogP contribution in [0.4, 0.5) is 0 Å². The molecule has 2 heterocycles. The molecule has 0 bridgehead atoms. The van der Waals surface area contributed by atoms with Crippen molar-refractivity contribution >= 4 is 15.9 Å². The molecule has 18 heavy (non-hydrogen) atoms. The first kappa shape index (κ1) is 14.0. The van der Waals surface area contributed by atoms with E-state index in [0.717, 1.165) is 38.4 Å². The van der Waals surface area contributed by atoms with Crippen LogP contribution < -0.4 is 0 Å². The second-order valence-corrected chi connectivity index (χ2v) is 6.02. The Morgan fingerprint density at radius 1 is 1.39 bits per heavy atom. The van der Waals surface area contributed by atoms with Crippen molar-refractivity contribution < 1.29 is 0 Å². The fraction of sp³-hybridized carbons (Fsp3) is 0.769. The Morgan fingerprint density at radius 2 is 2.11 bits per heavy atom. The molecule has 2 rings (SSSR count). The molecule has 102 valence electrons. The molecule has 0 amide bonds. The maximum Gasteiger partial charge on any atom is 0.0739 e. The van der Waals surface area contributed by atoms with Gasteiger partial charge in [-0.3, -0.25) is 9.58 Å². The summed E-state index contributed by atoms with van der Waals surface area (Å²) in [7, 11) is 2.21. The monoisotopic (exact) mass is 314 g/mol. The van der Waals surface area contributed by atoms with Gasteiger partial charge in [0.1, 0.15) is 0 Å². The van der Waals surface area contributed by atoms with E-state index in [-0.39, 0.29) is 0 Å². The molecule has 1 aromatic heterocycles. The molecule has 1 aliphatic heterocycles. The molecule has 1 saturated heterocycles. The molecule has 0 aromatic carbocycles. The number of nitrogens with zero attached hydrogens (tertiary/aromatic N) is 4. The zero-order valence-electron chi connectivity index (χ0n) is 11.8. The first-order valence-electron chi connectivity index (χ1n) is 6.67. The number of halogens is 1. The maximum absolute atomic E-state index is 4.56. The molecule has 1 atom stereocenters. The normalized spacial score (nSPS) is 22.6. The van der Waals surface area contributed by atoms with E-state index >= 15 is 0 Å². The largest absolute Gasteiger partial charge is 0.301 e. The third-order valence-electron chi connectivity index (χ3n) is 3.87. The van der Waals surface area contributed by atoms with Crippen molar-refractivity contribution in [3.05, 3.63) is 15.9 Å². The number of likely N-dealkylation sites (N-methyl/N-ethyl adjacent to an activating group) is 1. The number of aryl methyl sites for hydroxylation is 2. The number of aromatic nitrogens is 2. The third kappa shape index (κ3) is 2.78. The molecule has 0 aliphatic carbocycles. The SMILES string of the molecule is CCn1nc(C)c(Br)c1CN1CCN(C)C(C)C1. The van der Waals surface area contributed by atoms with Crippen molar-refractivity contribution in [2.24, 2.45) is 0 Å². The summed E-state index contributed by atoms with van der Waals surface area (Å²) in [5.74, 6) is 0. The highest BCUT2D eigenvalue weighted by atomic mass is 79.9. The Labute approximate surface area is 118 Å². The van der Waals surface area contributed by atoms with Gasteiger partial charge >= 0.3 is 0 Å². The topological polar surface area (TPSA) is 24.3 Å². The molecule has 1 aliphatic rings. The van der Waals surface area contributed by atoms with Gasteiger partial charge in [-0.15, -0.1) is 0 Å². The van der Waals surface area contributed by atoms with Crippen LogP contribution in [-0.4, -0.2) is 52.3 Å². The Morgan fingerprint density at radius 3 is 2.72 bits per heavy atom. The van der Waals surface area contributed by atoms with E-state index < -0.39 is 0 Å². The summed E-state index contributed by atoms with van der Waals surface area (Å²) in [5.41, 5.74) is 2.40. The molecule has 1 fully saturated rings. The van der Waals surface area contributed by atoms with Gasteiger partial charge in [0, 0.05) is 38.8 Å². The average Bonchev–Trinajstić information content (AvgIpc) is 2.61. The molecule has 4 nitrogen and oxygen atoms in total. The van der Waals surface area contributed by atoms with Crippen molar-refractivity contribution in [2.75, 3.05) is 26.7 Å². The predicted molar refractivity (Wildman–Crippen MR) is 77.7 cm³/mol. The van der Waals surface area contributed by atoms with Gasteiger partial charge in [-0.1, -0.05) is 0 Å². The van der Waals surface area contributed by atoms with Crippen molar-refractivity contribution in [2.45, 2.75) is 39.9 Å². The van der Waals surface area contributed by atoms with Crippen LogP contribution in [0.25, 0.3) is 0 Å². The highest BCUT2D eigenvalue weighted by Gasteiger charge is 2.23. The highest BCUT2D eigenvalue weighted by Crippen LogP contribution is 2.23. The fourth-order valence-corrected chi connectivity index (χ4v) is 2.91. The van der Waals surface area contributed by atoms with Crippen LogP contribution in [0.1, 0.15) is 25.2 Å². The van der Waals surface area contributed by atoms with Gasteiger partial charge in [-0.2, -0.15) is 5.10 Å². The van der Waals surface area contributed by atoms with Gasteiger partial charge in [-0.05, 0) is 43.7 Å². The predicted octanol–water partition coefficient (Wildman–Crippen LogP) is 2.11. The molecule has 1 aromatic rings. The highest BCUT2D eigenvalue weighted by molar-refractivity contribution is 9.10. The van der Waals surface area contributed by atoms with Gasteiger partial charge in [0.05, 0.1) is 15.9 Å². The van der Waals surface area contributed by atoms with Crippen molar-refractivity contribution in [1.29, 1.82) is 0 Å².